The lowest BCUT2D eigenvalue weighted by molar-refractivity contribution is 0.473. The van der Waals surface area contributed by atoms with Crippen molar-refractivity contribution >= 4 is 11.5 Å². The molecule has 0 amide bonds. The van der Waals surface area contributed by atoms with E-state index in [4.69, 9.17) is 11.1 Å². The van der Waals surface area contributed by atoms with Crippen LogP contribution in [-0.4, -0.2) is 22.7 Å². The van der Waals surface area contributed by atoms with E-state index in [-0.39, 0.29) is 5.84 Å². The molecule has 2 aromatic rings. The molecule has 1 heterocycles. The molecule has 0 aliphatic rings. The van der Waals surface area contributed by atoms with Crippen LogP contribution in [0.5, 0.6) is 0 Å². The zero-order valence-corrected chi connectivity index (χ0v) is 12.9. The fraction of sp³-hybridized carbons (Fsp3) is 0.375. The maximum Gasteiger partial charge on any atom is 0.124 e. The number of nitrogens with one attached hydrogen (secondary N) is 1. The third kappa shape index (κ3) is 3.42. The Balaban J connectivity index is 2.16. The minimum absolute atomic E-state index is 0.0857. The smallest absolute Gasteiger partial charge is 0.124 e. The van der Waals surface area contributed by atoms with E-state index in [9.17, 15) is 0 Å². The van der Waals surface area contributed by atoms with E-state index in [0.29, 0.717) is 12.6 Å². The highest BCUT2D eigenvalue weighted by atomic mass is 15.3. The van der Waals surface area contributed by atoms with Gasteiger partial charge in [-0.3, -0.25) is 10.1 Å². The first kappa shape index (κ1) is 15.1. The minimum Gasteiger partial charge on any atom is -0.384 e. The molecule has 0 spiro atoms. The molecular weight excluding hydrogens is 262 g/mol. The summed E-state index contributed by atoms with van der Waals surface area (Å²) in [5, 5.41) is 12.3. The van der Waals surface area contributed by atoms with Gasteiger partial charge in [-0.05, 0) is 31.5 Å². The van der Waals surface area contributed by atoms with Crippen molar-refractivity contribution in [2.45, 2.75) is 32.9 Å². The molecule has 0 aliphatic carbocycles. The Kier molecular flexibility index (Phi) is 4.62. The van der Waals surface area contributed by atoms with Gasteiger partial charge in [0, 0.05) is 30.5 Å². The normalized spacial score (nSPS) is 12.1. The van der Waals surface area contributed by atoms with Crippen molar-refractivity contribution < 1.29 is 0 Å². The predicted molar refractivity (Wildman–Crippen MR) is 86.8 cm³/mol. The fourth-order valence-electron chi connectivity index (χ4n) is 2.26. The Morgan fingerprint density at radius 3 is 2.76 bits per heavy atom. The summed E-state index contributed by atoms with van der Waals surface area (Å²) in [4.78, 5) is 2.07. The summed E-state index contributed by atoms with van der Waals surface area (Å²) in [5.41, 5.74) is 8.35. The first-order valence-electron chi connectivity index (χ1n) is 7.21. The van der Waals surface area contributed by atoms with Crippen LogP contribution >= 0.6 is 0 Å². The molecule has 3 N–H and O–H groups in total. The Hall–Kier alpha value is -2.30. The van der Waals surface area contributed by atoms with Gasteiger partial charge < -0.3 is 10.6 Å². The average molecular weight is 285 g/mol. The van der Waals surface area contributed by atoms with E-state index < -0.39 is 0 Å². The molecule has 0 radical (unpaired) electrons. The molecule has 1 unspecified atom stereocenters. The molecule has 5 nitrogen and oxygen atoms in total. The lowest BCUT2D eigenvalue weighted by Crippen LogP contribution is -2.22. The van der Waals surface area contributed by atoms with Gasteiger partial charge in [0.05, 0.1) is 12.2 Å². The maximum atomic E-state index is 7.67. The topological polar surface area (TPSA) is 70.9 Å². The fourth-order valence-corrected chi connectivity index (χ4v) is 2.26. The number of hydrogen-bond donors (Lipinski definition) is 2. The molecule has 1 aromatic carbocycles. The molecule has 1 atom stereocenters. The molecule has 0 fully saturated rings. The third-order valence-corrected chi connectivity index (χ3v) is 3.71. The second-order valence-corrected chi connectivity index (χ2v) is 5.33. The van der Waals surface area contributed by atoms with E-state index in [1.807, 2.05) is 48.3 Å². The van der Waals surface area contributed by atoms with Gasteiger partial charge in [-0.25, -0.2) is 0 Å². The second kappa shape index (κ2) is 6.43. The van der Waals surface area contributed by atoms with Crippen molar-refractivity contribution in [2.24, 2.45) is 5.73 Å². The predicted octanol–water partition coefficient (Wildman–Crippen LogP) is 2.77. The van der Waals surface area contributed by atoms with Crippen LogP contribution in [0.15, 0.2) is 36.5 Å². The second-order valence-electron chi connectivity index (χ2n) is 5.33. The SMILES string of the molecule is CCC(C)n1ccc(CN(C)c2ccccc2C(=N)N)n1. The van der Waals surface area contributed by atoms with Crippen LogP contribution in [0.4, 0.5) is 5.69 Å². The zero-order valence-electron chi connectivity index (χ0n) is 12.9. The molecule has 0 saturated heterocycles. The van der Waals surface area contributed by atoms with Crippen molar-refractivity contribution in [3.05, 3.63) is 47.8 Å². The summed E-state index contributed by atoms with van der Waals surface area (Å²) in [6.07, 6.45) is 3.08. The molecule has 21 heavy (non-hydrogen) atoms. The first-order valence-corrected chi connectivity index (χ1v) is 7.21. The van der Waals surface area contributed by atoms with E-state index >= 15 is 0 Å². The largest absolute Gasteiger partial charge is 0.384 e. The van der Waals surface area contributed by atoms with Gasteiger partial charge in [0.1, 0.15) is 5.84 Å². The van der Waals surface area contributed by atoms with Gasteiger partial charge in [-0.2, -0.15) is 5.10 Å². The van der Waals surface area contributed by atoms with Crippen LogP contribution in [-0.2, 0) is 6.54 Å². The van der Waals surface area contributed by atoms with Crippen LogP contribution in [0.1, 0.15) is 37.6 Å². The number of hydrogen-bond acceptors (Lipinski definition) is 3. The van der Waals surface area contributed by atoms with Gasteiger partial charge in [-0.1, -0.05) is 19.1 Å². The van der Waals surface area contributed by atoms with Crippen molar-refractivity contribution in [3.63, 3.8) is 0 Å². The van der Waals surface area contributed by atoms with Gasteiger partial charge >= 0.3 is 0 Å². The van der Waals surface area contributed by atoms with Crippen LogP contribution in [0.25, 0.3) is 0 Å². The molecule has 0 saturated carbocycles. The third-order valence-electron chi connectivity index (χ3n) is 3.71. The Bertz CT molecular complexity index is 617. The van der Waals surface area contributed by atoms with E-state index in [0.717, 1.165) is 23.4 Å². The summed E-state index contributed by atoms with van der Waals surface area (Å²) in [6, 6.07) is 10.1. The van der Waals surface area contributed by atoms with Crippen LogP contribution in [0, 0.1) is 5.41 Å². The molecule has 112 valence electrons. The number of para-hydroxylation sites is 1. The number of rotatable bonds is 6. The highest BCUT2D eigenvalue weighted by Crippen LogP contribution is 2.20. The van der Waals surface area contributed by atoms with Gasteiger partial charge in [0.15, 0.2) is 0 Å². The van der Waals surface area contributed by atoms with Crippen molar-refractivity contribution in [1.29, 1.82) is 5.41 Å². The number of aromatic nitrogens is 2. The summed E-state index contributed by atoms with van der Waals surface area (Å²) in [6.45, 7) is 5.00. The molecule has 2 rings (SSSR count). The van der Waals surface area contributed by atoms with Gasteiger partial charge in [-0.15, -0.1) is 0 Å². The van der Waals surface area contributed by atoms with E-state index in [2.05, 4.69) is 23.8 Å². The average Bonchev–Trinajstić information content (AvgIpc) is 2.94. The van der Waals surface area contributed by atoms with Crippen LogP contribution < -0.4 is 10.6 Å². The summed E-state index contributed by atoms with van der Waals surface area (Å²) in [7, 11) is 1.99. The Labute approximate surface area is 125 Å². The number of benzene rings is 1. The quantitative estimate of drug-likeness (QED) is 0.633. The van der Waals surface area contributed by atoms with E-state index in [1.54, 1.807) is 0 Å². The summed E-state index contributed by atoms with van der Waals surface area (Å²) < 4.78 is 2.00. The molecular formula is C16H23N5. The standard InChI is InChI=1S/C16H23N5/c1-4-12(2)21-10-9-13(19-21)11-20(3)15-8-6-5-7-14(15)16(17)18/h5-10,12H,4,11H2,1-3H3,(H3,17,18). The lowest BCUT2D eigenvalue weighted by Gasteiger charge is -2.21. The Morgan fingerprint density at radius 2 is 2.10 bits per heavy atom. The number of amidine groups is 1. The van der Waals surface area contributed by atoms with E-state index in [1.165, 1.54) is 0 Å². The number of nitrogens with two attached hydrogens (primary N) is 1. The Morgan fingerprint density at radius 1 is 1.38 bits per heavy atom. The maximum absolute atomic E-state index is 7.67. The van der Waals surface area contributed by atoms with Crippen molar-refractivity contribution in [3.8, 4) is 0 Å². The number of anilines is 1. The summed E-state index contributed by atoms with van der Waals surface area (Å²) >= 11 is 0. The zero-order chi connectivity index (χ0) is 15.4. The lowest BCUT2D eigenvalue weighted by atomic mass is 10.1. The molecule has 1 aromatic heterocycles. The monoisotopic (exact) mass is 285 g/mol. The van der Waals surface area contributed by atoms with Crippen molar-refractivity contribution in [1.82, 2.24) is 9.78 Å². The van der Waals surface area contributed by atoms with Crippen LogP contribution in [0.3, 0.4) is 0 Å². The number of nitrogen functional groups attached to an aromatic ring is 1. The first-order chi connectivity index (χ1) is 10.0. The van der Waals surface area contributed by atoms with Crippen LogP contribution in [0.2, 0.25) is 0 Å². The molecule has 0 bridgehead atoms. The minimum atomic E-state index is 0.0857. The molecule has 0 aliphatic heterocycles. The summed E-state index contributed by atoms with van der Waals surface area (Å²) in [5.74, 6) is 0.0857. The highest BCUT2D eigenvalue weighted by molar-refractivity contribution is 6.00. The van der Waals surface area contributed by atoms with Gasteiger partial charge in [0.25, 0.3) is 0 Å². The number of nitrogens with zero attached hydrogens (tertiary/aromatic N) is 3. The van der Waals surface area contributed by atoms with Crippen molar-refractivity contribution in [2.75, 3.05) is 11.9 Å². The van der Waals surface area contributed by atoms with Gasteiger partial charge in [0.2, 0.25) is 0 Å². The highest BCUT2D eigenvalue weighted by Gasteiger charge is 2.11. The molecule has 5 heteroatoms.